The van der Waals surface area contributed by atoms with Gasteiger partial charge in [0, 0.05) is 5.69 Å². The average Bonchev–Trinajstić information content (AvgIpc) is 3.02. The number of rotatable bonds is 3. The first kappa shape index (κ1) is 14.5. The molecule has 3 rings (SSSR count). The molecule has 2 aromatic heterocycles. The molecule has 1 N–H and O–H groups in total. The summed E-state index contributed by atoms with van der Waals surface area (Å²) in [7, 11) is 0. The second-order valence-corrected chi connectivity index (χ2v) is 6.06. The minimum atomic E-state index is -0.475. The van der Waals surface area contributed by atoms with E-state index in [0.717, 1.165) is 26.8 Å². The van der Waals surface area contributed by atoms with Gasteiger partial charge in [-0.3, -0.25) is 5.32 Å². The predicted octanol–water partition coefficient (Wildman–Crippen LogP) is 3.72. The van der Waals surface area contributed by atoms with E-state index in [1.165, 1.54) is 17.7 Å². The van der Waals surface area contributed by atoms with Crippen molar-refractivity contribution < 1.29 is 9.53 Å². The first-order valence-electron chi connectivity index (χ1n) is 6.88. The summed E-state index contributed by atoms with van der Waals surface area (Å²) >= 11 is 1.47. The Bertz CT molecular complexity index is 824. The van der Waals surface area contributed by atoms with Gasteiger partial charge in [-0.2, -0.15) is 5.10 Å². The third-order valence-electron chi connectivity index (χ3n) is 3.31. The molecular formula is C15H16N4O2S. The first-order chi connectivity index (χ1) is 10.5. The van der Waals surface area contributed by atoms with E-state index in [1.807, 2.05) is 45.0 Å². The van der Waals surface area contributed by atoms with Crippen molar-refractivity contribution in [2.45, 2.75) is 26.9 Å². The largest absolute Gasteiger partial charge is 0.440 e. The van der Waals surface area contributed by atoms with Crippen LogP contribution in [0.25, 0.3) is 4.96 Å². The molecule has 6 nitrogen and oxygen atoms in total. The molecule has 2 heterocycles. The highest BCUT2D eigenvalue weighted by molar-refractivity contribution is 7.17. The van der Waals surface area contributed by atoms with Crippen molar-refractivity contribution in [1.29, 1.82) is 0 Å². The summed E-state index contributed by atoms with van der Waals surface area (Å²) in [5.74, 6) is 0. The van der Waals surface area contributed by atoms with Gasteiger partial charge >= 0.3 is 6.09 Å². The zero-order valence-electron chi connectivity index (χ0n) is 12.5. The number of aromatic nitrogens is 3. The lowest BCUT2D eigenvalue weighted by molar-refractivity contribution is 0.122. The minimum absolute atomic E-state index is 0.363. The summed E-state index contributed by atoms with van der Waals surface area (Å²) in [5, 5.41) is 6.87. The van der Waals surface area contributed by atoms with E-state index in [2.05, 4.69) is 15.4 Å². The van der Waals surface area contributed by atoms with Crippen molar-refractivity contribution in [1.82, 2.24) is 14.6 Å². The fourth-order valence-corrected chi connectivity index (χ4v) is 3.28. The number of nitrogens with zero attached hydrogens (tertiary/aromatic N) is 3. The molecule has 0 spiro atoms. The highest BCUT2D eigenvalue weighted by atomic mass is 32.1. The topological polar surface area (TPSA) is 68.5 Å². The maximum Gasteiger partial charge on any atom is 0.412 e. The van der Waals surface area contributed by atoms with Crippen LogP contribution in [-0.2, 0) is 4.74 Å². The van der Waals surface area contributed by atoms with Gasteiger partial charge in [0.15, 0.2) is 0 Å². The molecular weight excluding hydrogens is 300 g/mol. The summed E-state index contributed by atoms with van der Waals surface area (Å²) in [5.41, 5.74) is 2.73. The van der Waals surface area contributed by atoms with Gasteiger partial charge in [0.1, 0.15) is 12.4 Å². The SMILES string of the molecule is Cc1cccc(NC(=O)O[C@@H](C)c2sc3ncnn3c2C)c1. The lowest BCUT2D eigenvalue weighted by atomic mass is 10.2. The lowest BCUT2D eigenvalue weighted by Crippen LogP contribution is -2.16. The van der Waals surface area contributed by atoms with E-state index in [4.69, 9.17) is 4.74 Å². The normalized spacial score (nSPS) is 12.3. The number of hydrogen-bond acceptors (Lipinski definition) is 5. The predicted molar refractivity (Wildman–Crippen MR) is 85.3 cm³/mol. The number of benzene rings is 1. The van der Waals surface area contributed by atoms with Crippen LogP contribution in [0.3, 0.4) is 0 Å². The summed E-state index contributed by atoms with van der Waals surface area (Å²) in [6, 6.07) is 7.57. The smallest absolute Gasteiger partial charge is 0.412 e. The van der Waals surface area contributed by atoms with Crippen LogP contribution in [0.2, 0.25) is 0 Å². The van der Waals surface area contributed by atoms with Crippen LogP contribution in [-0.4, -0.2) is 20.7 Å². The zero-order valence-corrected chi connectivity index (χ0v) is 13.3. The molecule has 7 heteroatoms. The van der Waals surface area contributed by atoms with Crippen LogP contribution >= 0.6 is 11.3 Å². The fraction of sp³-hybridized carbons (Fsp3) is 0.267. The molecule has 1 amide bonds. The third-order valence-corrected chi connectivity index (χ3v) is 4.62. The quantitative estimate of drug-likeness (QED) is 0.799. The van der Waals surface area contributed by atoms with Crippen molar-refractivity contribution >= 4 is 28.1 Å². The molecule has 0 aliphatic heterocycles. The molecule has 0 saturated heterocycles. The van der Waals surface area contributed by atoms with Gasteiger partial charge in [-0.05, 0) is 38.5 Å². The van der Waals surface area contributed by atoms with Gasteiger partial charge < -0.3 is 4.74 Å². The lowest BCUT2D eigenvalue weighted by Gasteiger charge is -2.13. The number of hydrogen-bond donors (Lipinski definition) is 1. The number of carbonyl (C=O) groups excluding carboxylic acids is 1. The van der Waals surface area contributed by atoms with Gasteiger partial charge in [-0.1, -0.05) is 23.5 Å². The molecule has 0 saturated carbocycles. The molecule has 3 aromatic rings. The Kier molecular flexibility index (Phi) is 3.81. The van der Waals surface area contributed by atoms with E-state index in [1.54, 1.807) is 4.52 Å². The summed E-state index contributed by atoms with van der Waals surface area (Å²) < 4.78 is 7.20. The van der Waals surface area contributed by atoms with E-state index in [-0.39, 0.29) is 6.10 Å². The molecule has 22 heavy (non-hydrogen) atoms. The molecule has 0 bridgehead atoms. The van der Waals surface area contributed by atoms with Gasteiger partial charge in [-0.25, -0.2) is 14.3 Å². The van der Waals surface area contributed by atoms with Crippen LogP contribution < -0.4 is 5.32 Å². The Balaban J connectivity index is 1.70. The molecule has 1 atom stereocenters. The molecule has 0 fully saturated rings. The maximum atomic E-state index is 12.0. The Morgan fingerprint density at radius 2 is 2.23 bits per heavy atom. The van der Waals surface area contributed by atoms with E-state index in [9.17, 15) is 4.79 Å². The van der Waals surface area contributed by atoms with E-state index in [0.29, 0.717) is 0 Å². The van der Waals surface area contributed by atoms with Crippen LogP contribution in [0, 0.1) is 13.8 Å². The van der Waals surface area contributed by atoms with Crippen LogP contribution in [0.1, 0.15) is 29.2 Å². The summed E-state index contributed by atoms with van der Waals surface area (Å²) in [6.45, 7) is 5.75. The van der Waals surface area contributed by atoms with Crippen LogP contribution in [0.15, 0.2) is 30.6 Å². The number of aryl methyl sites for hydroxylation is 2. The fourth-order valence-electron chi connectivity index (χ4n) is 2.27. The Hall–Kier alpha value is -2.41. The summed E-state index contributed by atoms with van der Waals surface area (Å²) in [6.07, 6.45) is 0.674. The van der Waals surface area contributed by atoms with Crippen molar-refractivity contribution in [3.63, 3.8) is 0 Å². The van der Waals surface area contributed by atoms with Crippen molar-refractivity contribution in [3.05, 3.63) is 46.7 Å². The Morgan fingerprint density at radius 1 is 1.41 bits per heavy atom. The molecule has 0 aliphatic rings. The molecule has 0 aliphatic carbocycles. The highest BCUT2D eigenvalue weighted by Crippen LogP contribution is 2.29. The highest BCUT2D eigenvalue weighted by Gasteiger charge is 2.19. The van der Waals surface area contributed by atoms with Crippen molar-refractivity contribution in [2.24, 2.45) is 0 Å². The van der Waals surface area contributed by atoms with Gasteiger partial charge in [-0.15, -0.1) is 0 Å². The second-order valence-electron chi connectivity index (χ2n) is 5.05. The number of carbonyl (C=O) groups is 1. The Labute approximate surface area is 131 Å². The number of ether oxygens (including phenoxy) is 1. The van der Waals surface area contributed by atoms with Gasteiger partial charge in [0.2, 0.25) is 4.96 Å². The van der Waals surface area contributed by atoms with Crippen LogP contribution in [0.5, 0.6) is 0 Å². The zero-order chi connectivity index (χ0) is 15.7. The molecule has 1 aromatic carbocycles. The number of amides is 1. The van der Waals surface area contributed by atoms with Gasteiger partial charge in [0.05, 0.1) is 10.6 Å². The second kappa shape index (κ2) is 5.76. The standard InChI is InChI=1S/C15H16N4O2S/c1-9-5-4-6-12(7-9)18-15(20)21-11(3)13-10(2)19-14(22-13)16-8-17-19/h4-8,11H,1-3H3,(H,18,20)/t11-/m0/s1. The monoisotopic (exact) mass is 316 g/mol. The van der Waals surface area contributed by atoms with Gasteiger partial charge in [0.25, 0.3) is 0 Å². The minimum Gasteiger partial charge on any atom is -0.440 e. The number of nitrogens with one attached hydrogen (secondary N) is 1. The molecule has 0 unspecified atom stereocenters. The van der Waals surface area contributed by atoms with Crippen molar-refractivity contribution in [2.75, 3.05) is 5.32 Å². The van der Waals surface area contributed by atoms with E-state index < -0.39 is 6.09 Å². The molecule has 0 radical (unpaired) electrons. The number of thiazole rings is 1. The first-order valence-corrected chi connectivity index (χ1v) is 7.69. The average molecular weight is 316 g/mol. The summed E-state index contributed by atoms with van der Waals surface area (Å²) in [4.78, 5) is 17.9. The maximum absolute atomic E-state index is 12.0. The Morgan fingerprint density at radius 3 is 2.95 bits per heavy atom. The van der Waals surface area contributed by atoms with Crippen molar-refractivity contribution in [3.8, 4) is 0 Å². The van der Waals surface area contributed by atoms with Crippen LogP contribution in [0.4, 0.5) is 10.5 Å². The molecule has 114 valence electrons. The third kappa shape index (κ3) is 2.80. The van der Waals surface area contributed by atoms with E-state index >= 15 is 0 Å². The number of fused-ring (bicyclic) bond motifs is 1. The number of anilines is 1.